The number of hydrogen-bond acceptors (Lipinski definition) is 3. The van der Waals surface area contributed by atoms with Gasteiger partial charge in [-0.15, -0.1) is 6.58 Å². The minimum absolute atomic E-state index is 0.157. The first-order valence-electron chi connectivity index (χ1n) is 5.26. The highest BCUT2D eigenvalue weighted by Crippen LogP contribution is 2.35. The molecule has 3 nitrogen and oxygen atoms in total. The number of hydrogen-bond donors (Lipinski definition) is 0. The highest BCUT2D eigenvalue weighted by molar-refractivity contribution is 5.94. The lowest BCUT2D eigenvalue weighted by atomic mass is 10.0. The van der Waals surface area contributed by atoms with E-state index in [1.807, 2.05) is 12.1 Å². The van der Waals surface area contributed by atoms with Crippen molar-refractivity contribution < 1.29 is 14.3 Å². The molecule has 1 aromatic rings. The molecule has 0 saturated heterocycles. The van der Waals surface area contributed by atoms with Gasteiger partial charge < -0.3 is 9.47 Å². The summed E-state index contributed by atoms with van der Waals surface area (Å²) in [6.07, 6.45) is 3.27. The first-order valence-corrected chi connectivity index (χ1v) is 5.26. The van der Waals surface area contributed by atoms with Gasteiger partial charge in [0.05, 0.1) is 12.7 Å². The fraction of sp³-hybridized carbons (Fsp3) is 0.308. The molecule has 0 saturated carbocycles. The molecule has 0 aromatic heterocycles. The van der Waals surface area contributed by atoms with Crippen molar-refractivity contribution >= 4 is 5.97 Å². The van der Waals surface area contributed by atoms with Crippen molar-refractivity contribution in [1.82, 2.24) is 0 Å². The molecule has 1 atom stereocenters. The Labute approximate surface area is 94.7 Å². The zero-order valence-corrected chi connectivity index (χ0v) is 9.23. The summed E-state index contributed by atoms with van der Waals surface area (Å²) >= 11 is 0. The van der Waals surface area contributed by atoms with Crippen LogP contribution in [0.2, 0.25) is 0 Å². The summed E-state index contributed by atoms with van der Waals surface area (Å²) in [7, 11) is 1.61. The van der Waals surface area contributed by atoms with Crippen LogP contribution in [0.4, 0.5) is 0 Å². The number of fused-ring (bicyclic) bond motifs is 1. The third kappa shape index (κ3) is 1.81. The lowest BCUT2D eigenvalue weighted by Gasteiger charge is -2.09. The molecule has 0 fully saturated rings. The number of carbonyl (C=O) groups excluding carboxylic acids is 1. The minimum Gasteiger partial charge on any atom is -0.497 e. The summed E-state index contributed by atoms with van der Waals surface area (Å²) in [5.41, 5.74) is 1.57. The number of allylic oxidation sites excluding steroid dienone is 1. The second kappa shape index (κ2) is 4.39. The molecule has 0 radical (unpaired) electrons. The van der Waals surface area contributed by atoms with E-state index in [0.29, 0.717) is 5.56 Å². The predicted octanol–water partition coefficient (Wildman–Crippen LogP) is 2.87. The Balaban J connectivity index is 2.30. The third-order valence-corrected chi connectivity index (χ3v) is 2.71. The molecule has 1 heterocycles. The Morgan fingerprint density at radius 3 is 3.06 bits per heavy atom. The second-order valence-corrected chi connectivity index (χ2v) is 3.71. The number of benzene rings is 1. The maximum absolute atomic E-state index is 11.5. The van der Waals surface area contributed by atoms with Crippen LogP contribution in [0, 0.1) is 0 Å². The second-order valence-electron chi connectivity index (χ2n) is 3.71. The molecule has 3 heteroatoms. The van der Waals surface area contributed by atoms with Crippen molar-refractivity contribution in [1.29, 1.82) is 0 Å². The summed E-state index contributed by atoms with van der Waals surface area (Å²) in [4.78, 5) is 11.5. The fourth-order valence-corrected chi connectivity index (χ4v) is 1.86. The van der Waals surface area contributed by atoms with Crippen LogP contribution < -0.4 is 4.74 Å². The van der Waals surface area contributed by atoms with Gasteiger partial charge in [0.25, 0.3) is 0 Å². The van der Waals surface area contributed by atoms with Gasteiger partial charge in [0.2, 0.25) is 0 Å². The van der Waals surface area contributed by atoms with Crippen LogP contribution in [0.25, 0.3) is 0 Å². The monoisotopic (exact) mass is 218 g/mol. The van der Waals surface area contributed by atoms with Crippen molar-refractivity contribution in [2.75, 3.05) is 7.11 Å². The molecule has 0 spiro atoms. The van der Waals surface area contributed by atoms with Crippen molar-refractivity contribution in [3.05, 3.63) is 42.0 Å². The summed E-state index contributed by atoms with van der Waals surface area (Å²) in [5, 5.41) is 0. The van der Waals surface area contributed by atoms with Crippen LogP contribution in [0.1, 0.15) is 34.9 Å². The van der Waals surface area contributed by atoms with Gasteiger partial charge in [-0.3, -0.25) is 0 Å². The van der Waals surface area contributed by atoms with Gasteiger partial charge in [-0.1, -0.05) is 6.08 Å². The number of rotatable bonds is 4. The number of carbonyl (C=O) groups is 1. The van der Waals surface area contributed by atoms with Crippen LogP contribution in [-0.4, -0.2) is 13.1 Å². The maximum Gasteiger partial charge on any atom is 0.339 e. The van der Waals surface area contributed by atoms with Gasteiger partial charge >= 0.3 is 5.97 Å². The lowest BCUT2D eigenvalue weighted by Crippen LogP contribution is -1.97. The molecule has 0 amide bonds. The standard InChI is InChI=1S/C13H14O3/c1-3-4-5-12-11-8-9(15-2)6-7-10(11)13(14)16-12/h3,6-8,12H,1,4-5H2,2H3. The first kappa shape index (κ1) is 10.7. The number of esters is 1. The van der Waals surface area contributed by atoms with Crippen molar-refractivity contribution in [2.45, 2.75) is 18.9 Å². The average molecular weight is 218 g/mol. The molecule has 0 aliphatic carbocycles. The van der Waals surface area contributed by atoms with Gasteiger partial charge in [0.1, 0.15) is 11.9 Å². The number of cyclic esters (lactones) is 1. The highest BCUT2D eigenvalue weighted by Gasteiger charge is 2.30. The molecule has 0 N–H and O–H groups in total. The van der Waals surface area contributed by atoms with E-state index in [9.17, 15) is 4.79 Å². The normalized spacial score (nSPS) is 17.8. The smallest absolute Gasteiger partial charge is 0.339 e. The van der Waals surface area contributed by atoms with E-state index in [1.54, 1.807) is 19.2 Å². The maximum atomic E-state index is 11.5. The largest absolute Gasteiger partial charge is 0.497 e. The summed E-state index contributed by atoms with van der Waals surface area (Å²) in [6.45, 7) is 3.67. The van der Waals surface area contributed by atoms with Crippen LogP contribution in [0.15, 0.2) is 30.9 Å². The molecular weight excluding hydrogens is 204 g/mol. The van der Waals surface area contributed by atoms with E-state index < -0.39 is 0 Å². The molecule has 1 aliphatic rings. The Morgan fingerprint density at radius 1 is 1.56 bits per heavy atom. The topological polar surface area (TPSA) is 35.5 Å². The highest BCUT2D eigenvalue weighted by atomic mass is 16.5. The van der Waals surface area contributed by atoms with Crippen LogP contribution in [0.3, 0.4) is 0 Å². The quantitative estimate of drug-likeness (QED) is 0.575. The predicted molar refractivity (Wildman–Crippen MR) is 60.6 cm³/mol. The SMILES string of the molecule is C=CCCC1OC(=O)c2ccc(OC)cc21. The zero-order chi connectivity index (χ0) is 11.5. The van der Waals surface area contributed by atoms with Gasteiger partial charge in [-0.2, -0.15) is 0 Å². The number of ether oxygens (including phenoxy) is 2. The molecule has 84 valence electrons. The number of methoxy groups -OCH3 is 1. The van der Waals surface area contributed by atoms with Crippen molar-refractivity contribution in [3.63, 3.8) is 0 Å². The van der Waals surface area contributed by atoms with Gasteiger partial charge in [0, 0.05) is 5.56 Å². The van der Waals surface area contributed by atoms with E-state index in [-0.39, 0.29) is 12.1 Å². The van der Waals surface area contributed by atoms with Crippen molar-refractivity contribution in [3.8, 4) is 5.75 Å². The molecule has 0 bridgehead atoms. The summed E-state index contributed by atoms with van der Waals surface area (Å²) in [5.74, 6) is 0.507. The van der Waals surface area contributed by atoms with Crippen molar-refractivity contribution in [2.24, 2.45) is 0 Å². The van der Waals surface area contributed by atoms with Gasteiger partial charge in [-0.25, -0.2) is 4.79 Å². The first-order chi connectivity index (χ1) is 7.76. The minimum atomic E-state index is -0.244. The van der Waals surface area contributed by atoms with Crippen LogP contribution >= 0.6 is 0 Å². The summed E-state index contributed by atoms with van der Waals surface area (Å²) < 4.78 is 10.4. The Kier molecular flexibility index (Phi) is 2.95. The van der Waals surface area contributed by atoms with E-state index >= 15 is 0 Å². The Bertz CT molecular complexity index is 423. The molecule has 1 aromatic carbocycles. The molecule has 2 rings (SSSR count). The van der Waals surface area contributed by atoms with E-state index in [4.69, 9.17) is 9.47 Å². The van der Waals surface area contributed by atoms with Gasteiger partial charge in [-0.05, 0) is 31.0 Å². The van der Waals surface area contributed by atoms with E-state index in [0.717, 1.165) is 24.2 Å². The van der Waals surface area contributed by atoms with E-state index in [2.05, 4.69) is 6.58 Å². The zero-order valence-electron chi connectivity index (χ0n) is 9.23. The molecule has 1 unspecified atom stereocenters. The van der Waals surface area contributed by atoms with E-state index in [1.165, 1.54) is 0 Å². The van der Waals surface area contributed by atoms with Crippen LogP contribution in [0.5, 0.6) is 5.75 Å². The Morgan fingerprint density at radius 2 is 2.38 bits per heavy atom. The molecular formula is C13H14O3. The van der Waals surface area contributed by atoms with Crippen LogP contribution in [-0.2, 0) is 4.74 Å². The fourth-order valence-electron chi connectivity index (χ4n) is 1.86. The Hall–Kier alpha value is -1.77. The summed E-state index contributed by atoms with van der Waals surface area (Å²) in [6, 6.07) is 5.40. The molecule has 16 heavy (non-hydrogen) atoms. The third-order valence-electron chi connectivity index (χ3n) is 2.71. The lowest BCUT2D eigenvalue weighted by molar-refractivity contribution is 0.0370. The molecule has 1 aliphatic heterocycles. The average Bonchev–Trinajstić information content (AvgIpc) is 2.63. The van der Waals surface area contributed by atoms with Gasteiger partial charge in [0.15, 0.2) is 0 Å².